The summed E-state index contributed by atoms with van der Waals surface area (Å²) in [6.45, 7) is 3.78. The summed E-state index contributed by atoms with van der Waals surface area (Å²) in [5.41, 5.74) is 5.03. The maximum absolute atomic E-state index is 13.1. The van der Waals surface area contributed by atoms with Crippen molar-refractivity contribution in [1.82, 2.24) is 0 Å². The first kappa shape index (κ1) is 26.3. The lowest BCUT2D eigenvalue weighted by molar-refractivity contribution is 0.210. The summed E-state index contributed by atoms with van der Waals surface area (Å²) in [4.78, 5) is 0.215. The van der Waals surface area contributed by atoms with E-state index in [0.717, 1.165) is 22.3 Å². The Morgan fingerprint density at radius 1 is 0.500 bits per heavy atom. The summed E-state index contributed by atoms with van der Waals surface area (Å²) in [6.07, 6.45) is -0.820. The predicted octanol–water partition coefficient (Wildman–Crippen LogP) is 6.00. The Hall–Kier alpha value is -3.30. The molecule has 0 saturated carbocycles. The maximum Gasteiger partial charge on any atom is 0.297 e. The molecule has 0 aliphatic heterocycles. The molecule has 0 radical (unpaired) electrons. The van der Waals surface area contributed by atoms with E-state index < -0.39 is 32.4 Å². The van der Waals surface area contributed by atoms with Crippen molar-refractivity contribution in [1.29, 1.82) is 0 Å². The zero-order chi connectivity index (χ0) is 26.9. The third-order valence-electron chi connectivity index (χ3n) is 6.65. The normalized spacial score (nSPS) is 17.6. The Labute approximate surface area is 224 Å². The monoisotopic (exact) mass is 548 g/mol. The van der Waals surface area contributed by atoms with E-state index in [9.17, 15) is 16.8 Å². The van der Waals surface area contributed by atoms with Crippen LogP contribution in [0.1, 0.15) is 45.6 Å². The van der Waals surface area contributed by atoms with E-state index in [1.165, 1.54) is 0 Å². The van der Waals surface area contributed by atoms with Crippen LogP contribution in [0.4, 0.5) is 0 Å². The molecule has 38 heavy (non-hydrogen) atoms. The van der Waals surface area contributed by atoms with E-state index in [2.05, 4.69) is 0 Å². The van der Waals surface area contributed by atoms with Crippen LogP contribution in [0.5, 0.6) is 0 Å². The lowest BCUT2D eigenvalue weighted by Gasteiger charge is -2.22. The van der Waals surface area contributed by atoms with Gasteiger partial charge in [-0.2, -0.15) is 16.8 Å². The van der Waals surface area contributed by atoms with E-state index in [0.29, 0.717) is 24.0 Å². The van der Waals surface area contributed by atoms with Gasteiger partial charge in [-0.1, -0.05) is 83.9 Å². The van der Waals surface area contributed by atoms with Gasteiger partial charge in [-0.15, -0.1) is 0 Å². The van der Waals surface area contributed by atoms with Gasteiger partial charge < -0.3 is 0 Å². The molecule has 2 atom stereocenters. The topological polar surface area (TPSA) is 86.7 Å². The molecule has 196 valence electrons. The lowest BCUT2D eigenvalue weighted by atomic mass is 9.94. The fourth-order valence-electron chi connectivity index (χ4n) is 4.41. The largest absolute Gasteiger partial charge is 0.297 e. The van der Waals surface area contributed by atoms with Crippen LogP contribution in [-0.4, -0.2) is 16.8 Å². The van der Waals surface area contributed by atoms with Crippen LogP contribution in [0.15, 0.2) is 107 Å². The SMILES string of the molecule is Cc1ccc(S(=O)(=O)OC2Cc3ccc(cc3)C(OS(=O)(=O)c3ccc(C)cc3)Cc3ccc2cc3)cc1. The Morgan fingerprint density at radius 2 is 0.816 bits per heavy atom. The van der Waals surface area contributed by atoms with Gasteiger partial charge in [-0.3, -0.25) is 8.37 Å². The predicted molar refractivity (Wildman–Crippen MR) is 145 cm³/mol. The minimum Gasteiger partial charge on any atom is -0.258 e. The first-order valence-corrected chi connectivity index (χ1v) is 15.1. The summed E-state index contributed by atoms with van der Waals surface area (Å²) in [6, 6.07) is 27.8. The Kier molecular flexibility index (Phi) is 7.24. The molecular weight excluding hydrogens is 520 g/mol. The summed E-state index contributed by atoms with van der Waals surface area (Å²) < 4.78 is 63.8. The average Bonchev–Trinajstić information content (AvgIpc) is 2.88. The molecule has 4 aliphatic carbocycles. The molecule has 4 aromatic carbocycles. The molecule has 8 rings (SSSR count). The molecule has 0 aromatic heterocycles. The maximum atomic E-state index is 13.1. The molecule has 4 aliphatic rings. The fraction of sp³-hybridized carbons (Fsp3) is 0.200. The molecule has 0 saturated heterocycles. The summed E-state index contributed by atoms with van der Waals surface area (Å²) >= 11 is 0. The Bertz CT molecular complexity index is 1500. The van der Waals surface area contributed by atoms with Crippen molar-refractivity contribution in [3.8, 4) is 0 Å². The highest BCUT2D eigenvalue weighted by Crippen LogP contribution is 2.33. The summed E-state index contributed by atoms with van der Waals surface area (Å²) in [7, 11) is -7.99. The minimum absolute atomic E-state index is 0.107. The van der Waals surface area contributed by atoms with Gasteiger partial charge in [0, 0.05) is 12.8 Å². The highest BCUT2D eigenvalue weighted by Gasteiger charge is 2.27. The van der Waals surface area contributed by atoms with Crippen molar-refractivity contribution in [2.45, 2.75) is 48.7 Å². The Balaban J connectivity index is 1.45. The van der Waals surface area contributed by atoms with Crippen LogP contribution in [-0.2, 0) is 41.4 Å². The molecule has 0 spiro atoms. The molecule has 8 heteroatoms. The highest BCUT2D eigenvalue weighted by atomic mass is 32.2. The smallest absolute Gasteiger partial charge is 0.258 e. The molecule has 6 nitrogen and oxygen atoms in total. The standard InChI is InChI=1S/C30H28O6S2/c1-21-3-15-27(16-4-21)37(31,32)35-29-19-23-9-13-26(14-10-23)30(20-24-7-11-25(29)12-8-24)36-38(33,34)28-17-5-22(2)6-18-28/h3-18,29-30H,19-20H2,1-2H3. The van der Waals surface area contributed by atoms with Crippen molar-refractivity contribution < 1.29 is 25.2 Å². The van der Waals surface area contributed by atoms with Crippen molar-refractivity contribution >= 4 is 20.2 Å². The van der Waals surface area contributed by atoms with Crippen molar-refractivity contribution in [2.24, 2.45) is 0 Å². The number of hydrogen-bond acceptors (Lipinski definition) is 6. The second kappa shape index (κ2) is 10.5. The summed E-state index contributed by atoms with van der Waals surface area (Å²) in [5.74, 6) is 0. The molecule has 0 heterocycles. The quantitative estimate of drug-likeness (QED) is 0.275. The van der Waals surface area contributed by atoms with E-state index in [1.807, 2.05) is 62.4 Å². The number of benzene rings is 4. The molecule has 0 fully saturated rings. The average molecular weight is 549 g/mol. The number of aryl methyl sites for hydroxylation is 2. The van der Waals surface area contributed by atoms with Crippen LogP contribution >= 0.6 is 0 Å². The molecule has 4 aromatic rings. The van der Waals surface area contributed by atoms with Gasteiger partial charge in [0.15, 0.2) is 0 Å². The first-order chi connectivity index (χ1) is 18.1. The van der Waals surface area contributed by atoms with Gasteiger partial charge in [-0.25, -0.2) is 0 Å². The fourth-order valence-corrected chi connectivity index (χ4v) is 6.54. The Morgan fingerprint density at radius 3 is 1.13 bits per heavy atom. The van der Waals surface area contributed by atoms with E-state index in [4.69, 9.17) is 8.37 Å². The second-order valence-electron chi connectivity index (χ2n) is 9.60. The summed E-state index contributed by atoms with van der Waals surface area (Å²) in [5, 5.41) is 0. The van der Waals surface area contributed by atoms with Crippen molar-refractivity contribution in [3.63, 3.8) is 0 Å². The number of hydrogen-bond donors (Lipinski definition) is 0. The lowest BCUT2D eigenvalue weighted by Crippen LogP contribution is -2.17. The van der Waals surface area contributed by atoms with Crippen LogP contribution in [0.25, 0.3) is 0 Å². The van der Waals surface area contributed by atoms with Crippen LogP contribution in [0.2, 0.25) is 0 Å². The van der Waals surface area contributed by atoms with Gasteiger partial charge in [0.1, 0.15) is 12.2 Å². The molecular formula is C30H28O6S2. The van der Waals surface area contributed by atoms with Gasteiger partial charge in [0.25, 0.3) is 20.2 Å². The second-order valence-corrected chi connectivity index (χ2v) is 12.7. The van der Waals surface area contributed by atoms with E-state index >= 15 is 0 Å². The molecule has 4 bridgehead atoms. The molecule has 0 amide bonds. The van der Waals surface area contributed by atoms with E-state index in [1.54, 1.807) is 48.5 Å². The zero-order valence-electron chi connectivity index (χ0n) is 21.1. The third-order valence-corrected chi connectivity index (χ3v) is 9.32. The van der Waals surface area contributed by atoms with Crippen molar-refractivity contribution in [2.75, 3.05) is 0 Å². The van der Waals surface area contributed by atoms with Crippen LogP contribution in [0, 0.1) is 13.8 Å². The van der Waals surface area contributed by atoms with Gasteiger partial charge in [0.05, 0.1) is 9.79 Å². The molecule has 2 unspecified atom stereocenters. The third kappa shape index (κ3) is 5.89. The van der Waals surface area contributed by atoms with Crippen molar-refractivity contribution in [3.05, 3.63) is 130 Å². The van der Waals surface area contributed by atoms with Gasteiger partial charge in [0.2, 0.25) is 0 Å². The first-order valence-electron chi connectivity index (χ1n) is 12.3. The van der Waals surface area contributed by atoms with Gasteiger partial charge in [-0.05, 0) is 60.4 Å². The minimum atomic E-state index is -3.99. The number of rotatable bonds is 6. The zero-order valence-corrected chi connectivity index (χ0v) is 22.7. The molecule has 0 N–H and O–H groups in total. The van der Waals surface area contributed by atoms with Crippen LogP contribution in [0.3, 0.4) is 0 Å². The van der Waals surface area contributed by atoms with E-state index in [-0.39, 0.29) is 9.79 Å². The highest BCUT2D eigenvalue weighted by molar-refractivity contribution is 7.87. The van der Waals surface area contributed by atoms with Crippen LogP contribution < -0.4 is 0 Å². The van der Waals surface area contributed by atoms with Gasteiger partial charge >= 0.3 is 0 Å².